The van der Waals surface area contributed by atoms with Crippen molar-refractivity contribution in [1.82, 2.24) is 4.98 Å². The maximum absolute atomic E-state index is 12.6. The molecule has 152 valence electrons. The van der Waals surface area contributed by atoms with E-state index in [2.05, 4.69) is 43.2 Å². The summed E-state index contributed by atoms with van der Waals surface area (Å²) in [6.45, 7) is 10.5. The zero-order chi connectivity index (χ0) is 21.5. The molecule has 0 saturated heterocycles. The SMILES string of the molecule is Cc1cc(C)cc(C(=O)Nc2ccc3oc(-c4ccc(C(C)(C)C)cc4)nc3c2)c1. The van der Waals surface area contributed by atoms with Gasteiger partial charge in [-0.2, -0.15) is 0 Å². The molecule has 0 spiro atoms. The first-order chi connectivity index (χ1) is 14.2. The summed E-state index contributed by atoms with van der Waals surface area (Å²) in [4.78, 5) is 17.3. The number of aryl methyl sites for hydroxylation is 2. The molecular formula is C26H26N2O2. The average molecular weight is 399 g/mol. The van der Waals surface area contributed by atoms with E-state index in [1.54, 1.807) is 0 Å². The molecule has 1 N–H and O–H groups in total. The number of aromatic nitrogens is 1. The quantitative estimate of drug-likeness (QED) is 0.420. The molecule has 4 heteroatoms. The number of nitrogens with zero attached hydrogens (tertiary/aromatic N) is 1. The predicted molar refractivity (Wildman–Crippen MR) is 122 cm³/mol. The highest BCUT2D eigenvalue weighted by Gasteiger charge is 2.15. The fraction of sp³-hybridized carbons (Fsp3) is 0.231. The summed E-state index contributed by atoms with van der Waals surface area (Å²) in [5.74, 6) is 0.436. The number of hydrogen-bond acceptors (Lipinski definition) is 3. The second kappa shape index (κ2) is 7.45. The van der Waals surface area contributed by atoms with Crippen molar-refractivity contribution in [3.63, 3.8) is 0 Å². The monoisotopic (exact) mass is 398 g/mol. The van der Waals surface area contributed by atoms with Crippen molar-refractivity contribution < 1.29 is 9.21 Å². The van der Waals surface area contributed by atoms with Crippen LogP contribution in [0.3, 0.4) is 0 Å². The molecule has 0 aliphatic heterocycles. The van der Waals surface area contributed by atoms with E-state index in [1.807, 2.05) is 62.4 Å². The van der Waals surface area contributed by atoms with E-state index in [0.717, 1.165) is 16.7 Å². The molecule has 0 fully saturated rings. The van der Waals surface area contributed by atoms with Crippen LogP contribution >= 0.6 is 0 Å². The van der Waals surface area contributed by atoms with Gasteiger partial charge in [-0.15, -0.1) is 0 Å². The van der Waals surface area contributed by atoms with Gasteiger partial charge in [0.1, 0.15) is 5.52 Å². The van der Waals surface area contributed by atoms with Crippen LogP contribution in [0.25, 0.3) is 22.6 Å². The van der Waals surface area contributed by atoms with Crippen LogP contribution in [-0.4, -0.2) is 10.9 Å². The van der Waals surface area contributed by atoms with E-state index in [0.29, 0.717) is 28.2 Å². The van der Waals surface area contributed by atoms with Gasteiger partial charge in [0.15, 0.2) is 5.58 Å². The van der Waals surface area contributed by atoms with E-state index < -0.39 is 0 Å². The van der Waals surface area contributed by atoms with Crippen LogP contribution in [0.15, 0.2) is 65.1 Å². The minimum atomic E-state index is -0.136. The van der Waals surface area contributed by atoms with E-state index in [1.165, 1.54) is 5.56 Å². The molecule has 0 aliphatic rings. The van der Waals surface area contributed by atoms with Gasteiger partial charge in [-0.25, -0.2) is 4.98 Å². The van der Waals surface area contributed by atoms with Crippen LogP contribution in [0.4, 0.5) is 5.69 Å². The van der Waals surface area contributed by atoms with Crippen LogP contribution in [-0.2, 0) is 5.41 Å². The Hall–Kier alpha value is -3.40. The zero-order valence-corrected chi connectivity index (χ0v) is 18.0. The summed E-state index contributed by atoms with van der Waals surface area (Å²) in [6.07, 6.45) is 0. The van der Waals surface area contributed by atoms with Crippen molar-refractivity contribution in [2.45, 2.75) is 40.0 Å². The molecule has 30 heavy (non-hydrogen) atoms. The van der Waals surface area contributed by atoms with Gasteiger partial charge in [0, 0.05) is 16.8 Å². The fourth-order valence-electron chi connectivity index (χ4n) is 3.55. The van der Waals surface area contributed by atoms with Gasteiger partial charge >= 0.3 is 0 Å². The number of fused-ring (bicyclic) bond motifs is 1. The highest BCUT2D eigenvalue weighted by Crippen LogP contribution is 2.29. The lowest BCUT2D eigenvalue weighted by molar-refractivity contribution is 0.102. The average Bonchev–Trinajstić information content (AvgIpc) is 3.10. The Balaban J connectivity index is 1.58. The first-order valence-electron chi connectivity index (χ1n) is 10.1. The second-order valence-corrected chi connectivity index (χ2v) is 8.86. The van der Waals surface area contributed by atoms with Crippen LogP contribution in [0.2, 0.25) is 0 Å². The van der Waals surface area contributed by atoms with Crippen molar-refractivity contribution in [2.75, 3.05) is 5.32 Å². The summed E-state index contributed by atoms with van der Waals surface area (Å²) in [5.41, 5.74) is 7.16. The molecule has 3 aromatic carbocycles. The third-order valence-corrected chi connectivity index (χ3v) is 5.13. The first-order valence-corrected chi connectivity index (χ1v) is 10.1. The number of nitrogens with one attached hydrogen (secondary N) is 1. The maximum atomic E-state index is 12.6. The number of carbonyl (C=O) groups is 1. The maximum Gasteiger partial charge on any atom is 0.255 e. The molecule has 0 aliphatic carbocycles. The summed E-state index contributed by atoms with van der Waals surface area (Å²) >= 11 is 0. The van der Waals surface area contributed by atoms with Gasteiger partial charge < -0.3 is 9.73 Å². The lowest BCUT2D eigenvalue weighted by Crippen LogP contribution is -2.12. The molecule has 0 unspecified atom stereocenters. The molecule has 0 atom stereocenters. The van der Waals surface area contributed by atoms with Gasteiger partial charge in [-0.05, 0) is 67.3 Å². The molecule has 1 heterocycles. The van der Waals surface area contributed by atoms with Crippen LogP contribution in [0.1, 0.15) is 47.8 Å². The first kappa shape index (κ1) is 19.9. The van der Waals surface area contributed by atoms with Gasteiger partial charge in [0.25, 0.3) is 5.91 Å². The van der Waals surface area contributed by atoms with Crippen LogP contribution in [0, 0.1) is 13.8 Å². The highest BCUT2D eigenvalue weighted by molar-refractivity contribution is 6.05. The normalized spacial score (nSPS) is 11.6. The van der Waals surface area contributed by atoms with Gasteiger partial charge in [-0.3, -0.25) is 4.79 Å². The van der Waals surface area contributed by atoms with E-state index in [-0.39, 0.29) is 11.3 Å². The number of oxazole rings is 1. The predicted octanol–water partition coefficient (Wildman–Crippen LogP) is 6.66. The van der Waals surface area contributed by atoms with Crippen LogP contribution < -0.4 is 5.32 Å². The minimum Gasteiger partial charge on any atom is -0.436 e. The lowest BCUT2D eigenvalue weighted by Gasteiger charge is -2.18. The number of anilines is 1. The van der Waals surface area contributed by atoms with Crippen molar-refractivity contribution in [1.29, 1.82) is 0 Å². The van der Waals surface area contributed by atoms with Crippen LogP contribution in [0.5, 0.6) is 0 Å². The van der Waals surface area contributed by atoms with Gasteiger partial charge in [-0.1, -0.05) is 50.1 Å². The van der Waals surface area contributed by atoms with E-state index in [4.69, 9.17) is 4.42 Å². The van der Waals surface area contributed by atoms with Crippen molar-refractivity contribution >= 4 is 22.7 Å². The lowest BCUT2D eigenvalue weighted by atomic mass is 9.87. The Kier molecular flexibility index (Phi) is 4.94. The molecule has 1 amide bonds. The summed E-state index contributed by atoms with van der Waals surface area (Å²) in [6, 6.07) is 19.6. The largest absolute Gasteiger partial charge is 0.436 e. The fourth-order valence-corrected chi connectivity index (χ4v) is 3.55. The third kappa shape index (κ3) is 4.13. The molecule has 4 nitrogen and oxygen atoms in total. The topological polar surface area (TPSA) is 55.1 Å². The number of benzene rings is 3. The minimum absolute atomic E-state index is 0.1000. The number of amides is 1. The van der Waals surface area contributed by atoms with Gasteiger partial charge in [0.2, 0.25) is 5.89 Å². The Labute approximate surface area is 177 Å². The molecule has 0 radical (unpaired) electrons. The van der Waals surface area contributed by atoms with E-state index >= 15 is 0 Å². The smallest absolute Gasteiger partial charge is 0.255 e. The summed E-state index contributed by atoms with van der Waals surface area (Å²) in [5, 5.41) is 2.96. The van der Waals surface area contributed by atoms with Crippen molar-refractivity contribution in [3.8, 4) is 11.5 Å². The van der Waals surface area contributed by atoms with Gasteiger partial charge in [0.05, 0.1) is 0 Å². The van der Waals surface area contributed by atoms with Crippen molar-refractivity contribution in [3.05, 3.63) is 82.9 Å². The highest BCUT2D eigenvalue weighted by atomic mass is 16.3. The second-order valence-electron chi connectivity index (χ2n) is 8.86. The molecule has 4 aromatic rings. The molecule has 4 rings (SSSR count). The van der Waals surface area contributed by atoms with E-state index in [9.17, 15) is 4.79 Å². The zero-order valence-electron chi connectivity index (χ0n) is 18.0. The molecule has 0 saturated carbocycles. The third-order valence-electron chi connectivity index (χ3n) is 5.13. The Morgan fingerprint density at radius 2 is 1.57 bits per heavy atom. The Bertz CT molecular complexity index is 1210. The molecule has 1 aromatic heterocycles. The Morgan fingerprint density at radius 3 is 2.20 bits per heavy atom. The summed E-state index contributed by atoms with van der Waals surface area (Å²) in [7, 11) is 0. The summed E-state index contributed by atoms with van der Waals surface area (Å²) < 4.78 is 5.93. The number of hydrogen-bond donors (Lipinski definition) is 1. The number of carbonyl (C=O) groups excluding carboxylic acids is 1. The molecule has 0 bridgehead atoms. The van der Waals surface area contributed by atoms with Crippen molar-refractivity contribution in [2.24, 2.45) is 0 Å². The molecular weight excluding hydrogens is 372 g/mol. The Morgan fingerprint density at radius 1 is 0.900 bits per heavy atom. The standard InChI is InChI=1S/C26H26N2O2/c1-16-12-17(2)14-19(13-16)24(29)27-21-10-11-23-22(15-21)28-25(30-23)18-6-8-20(9-7-18)26(3,4)5/h6-15H,1-5H3,(H,27,29). The number of rotatable bonds is 3.